The maximum atomic E-state index is 11.6. The summed E-state index contributed by atoms with van der Waals surface area (Å²) in [7, 11) is 0. The standard InChI is InChI=1S/C18H28O.C16H20.C14H22O2.C3H7F.C2H6.C2H4/c1-5-17-12-13-18(16(4)15(17)3)11-9-7-6-8-10-14(2)19;1-6-15(10-7-12(2)3)16-11-13(4)8-9-14(16)5;1-9(2)12(11(4)15)13(16)14(5)8-6-7-10(14)3;1-3(2)4;2*1-2/h12-13,19H,2,5-11H2,1,3-4H3;6-11H,2H2,1,3-5H3;10,16H,1,6-8H2,2-5H3;3H,1-2H3;1-2H3;1-2H2/b;10-7-,15-6+;13-12-;;;/t;;10?,14-;;;/m..0.../s1. The van der Waals surface area contributed by atoms with E-state index in [1.54, 1.807) is 6.92 Å². The van der Waals surface area contributed by atoms with Crippen LogP contribution in [0.2, 0.25) is 0 Å². The van der Waals surface area contributed by atoms with Gasteiger partial charge in [0.2, 0.25) is 0 Å². The minimum absolute atomic E-state index is 0.0923. The molecule has 2 atom stereocenters. The van der Waals surface area contributed by atoms with Crippen molar-refractivity contribution in [1.82, 2.24) is 0 Å². The van der Waals surface area contributed by atoms with Gasteiger partial charge in [-0.15, -0.1) is 13.2 Å². The predicted octanol–water partition coefficient (Wildman–Crippen LogP) is 17.3. The first-order valence-electron chi connectivity index (χ1n) is 21.9. The van der Waals surface area contributed by atoms with Gasteiger partial charge in [-0.1, -0.05) is 133 Å². The van der Waals surface area contributed by atoms with E-state index >= 15 is 0 Å². The van der Waals surface area contributed by atoms with Crippen LogP contribution < -0.4 is 0 Å². The molecule has 0 aliphatic heterocycles. The third-order valence-electron chi connectivity index (χ3n) is 10.6. The molecule has 59 heavy (non-hydrogen) atoms. The van der Waals surface area contributed by atoms with E-state index in [1.807, 2.05) is 27.7 Å². The molecule has 0 amide bonds. The molecule has 2 aromatic carbocycles. The van der Waals surface area contributed by atoms with Crippen molar-refractivity contribution in [3.8, 4) is 0 Å². The number of hydrogen-bond acceptors (Lipinski definition) is 3. The summed E-state index contributed by atoms with van der Waals surface area (Å²) in [6.07, 6.45) is 16.6. The monoisotopic (exact) mass is 815 g/mol. The summed E-state index contributed by atoms with van der Waals surface area (Å²) >= 11 is 0. The average molecular weight is 815 g/mol. The summed E-state index contributed by atoms with van der Waals surface area (Å²) in [5.74, 6) is 0.894. The smallest absolute Gasteiger partial charge is 0.163 e. The van der Waals surface area contributed by atoms with E-state index in [1.165, 1.54) is 91.0 Å². The average Bonchev–Trinajstić information content (AvgIpc) is 3.52. The second-order valence-corrected chi connectivity index (χ2v) is 16.0. The molecular weight excluding hydrogens is 728 g/mol. The van der Waals surface area contributed by atoms with E-state index < -0.39 is 6.17 Å². The van der Waals surface area contributed by atoms with Gasteiger partial charge in [0.25, 0.3) is 0 Å². The van der Waals surface area contributed by atoms with Gasteiger partial charge < -0.3 is 10.2 Å². The largest absolute Gasteiger partial charge is 0.513 e. The van der Waals surface area contributed by atoms with Crippen molar-refractivity contribution in [2.45, 2.75) is 174 Å². The number of aliphatic hydroxyl groups excluding tert-OH is 2. The Bertz CT molecular complexity index is 1650. The van der Waals surface area contributed by atoms with E-state index in [2.05, 4.69) is 130 Å². The Morgan fingerprint density at radius 2 is 1.42 bits per heavy atom. The molecular formula is C55H87FO3. The Labute approximate surface area is 363 Å². The molecule has 2 aromatic rings. The van der Waals surface area contributed by atoms with Crippen LogP contribution in [0.1, 0.15) is 166 Å². The second kappa shape index (κ2) is 32.6. The van der Waals surface area contributed by atoms with Gasteiger partial charge in [-0.25, -0.2) is 4.39 Å². The number of Topliss-reactive ketones (excluding diaryl/α,β-unsaturated/α-hetero) is 1. The molecule has 0 spiro atoms. The molecule has 1 aliphatic rings. The third kappa shape index (κ3) is 23.3. The normalized spacial score (nSPS) is 15.9. The molecule has 3 nitrogen and oxygen atoms in total. The molecule has 3 rings (SSSR count). The maximum Gasteiger partial charge on any atom is 0.163 e. The molecule has 0 aromatic heterocycles. The van der Waals surface area contributed by atoms with Crippen LogP contribution in [0.15, 0.2) is 110 Å². The second-order valence-electron chi connectivity index (χ2n) is 16.0. The lowest BCUT2D eigenvalue weighted by molar-refractivity contribution is -0.113. The Kier molecular flexibility index (Phi) is 32.7. The topological polar surface area (TPSA) is 57.5 Å². The van der Waals surface area contributed by atoms with Crippen LogP contribution in [0, 0.1) is 39.0 Å². The van der Waals surface area contributed by atoms with Gasteiger partial charge in [-0.2, -0.15) is 0 Å². The molecule has 332 valence electrons. The fourth-order valence-corrected chi connectivity index (χ4v) is 6.85. The fourth-order valence-electron chi connectivity index (χ4n) is 6.85. The third-order valence-corrected chi connectivity index (χ3v) is 10.6. The first-order chi connectivity index (χ1) is 27.6. The number of carbonyl (C=O) groups excluding carboxylic acids is 1. The number of halogens is 1. The first-order valence-corrected chi connectivity index (χ1v) is 21.9. The van der Waals surface area contributed by atoms with Gasteiger partial charge in [0.15, 0.2) is 5.78 Å². The molecule has 2 N–H and O–H groups in total. The zero-order valence-electron chi connectivity index (χ0n) is 40.6. The van der Waals surface area contributed by atoms with Crippen molar-refractivity contribution < 1.29 is 19.4 Å². The Morgan fingerprint density at radius 3 is 1.86 bits per heavy atom. The number of hydrogen-bond donors (Lipinski definition) is 2. The maximum absolute atomic E-state index is 11.6. The van der Waals surface area contributed by atoms with E-state index in [0.717, 1.165) is 44.1 Å². The van der Waals surface area contributed by atoms with Gasteiger partial charge in [0.1, 0.15) is 5.76 Å². The van der Waals surface area contributed by atoms with Crippen LogP contribution in [-0.2, 0) is 17.6 Å². The SMILES string of the molecule is C=C.C=C(C)/C(C(C)=O)=C(/O)[C@@]1(C)CCCC1C.C=C(C)/C=C\C(=C/C)c1cc(C)ccc1C.C=C(O)CCCCCCc1ccc(CC)c(C)c1C.CC.CC(C)F. The van der Waals surface area contributed by atoms with Gasteiger partial charge in [-0.3, -0.25) is 4.79 Å². The zero-order valence-corrected chi connectivity index (χ0v) is 40.6. The summed E-state index contributed by atoms with van der Waals surface area (Å²) in [5, 5.41) is 19.4. The summed E-state index contributed by atoms with van der Waals surface area (Å²) in [5.41, 5.74) is 13.0. The molecule has 1 unspecified atom stereocenters. The summed E-state index contributed by atoms with van der Waals surface area (Å²) < 4.78 is 11.0. The number of aryl methyl sites for hydroxylation is 4. The molecule has 1 fully saturated rings. The van der Waals surface area contributed by atoms with Crippen LogP contribution in [0.5, 0.6) is 0 Å². The summed E-state index contributed by atoms with van der Waals surface area (Å²) in [6, 6.07) is 11.1. The number of rotatable bonds is 14. The van der Waals surface area contributed by atoms with E-state index in [9.17, 15) is 14.3 Å². The van der Waals surface area contributed by atoms with Crippen LogP contribution in [0.25, 0.3) is 5.57 Å². The lowest BCUT2D eigenvalue weighted by Crippen LogP contribution is -2.25. The Balaban J connectivity index is -0.000000733. The fraction of sp³-hybridized carbons (Fsp3) is 0.509. The van der Waals surface area contributed by atoms with Crippen molar-refractivity contribution in [2.75, 3.05) is 0 Å². The van der Waals surface area contributed by atoms with Crippen molar-refractivity contribution in [2.24, 2.45) is 11.3 Å². The highest BCUT2D eigenvalue weighted by Crippen LogP contribution is 2.48. The van der Waals surface area contributed by atoms with Gasteiger partial charge in [0.05, 0.1) is 17.5 Å². The van der Waals surface area contributed by atoms with Crippen LogP contribution in [0.3, 0.4) is 0 Å². The number of aliphatic hydroxyl groups is 2. The minimum Gasteiger partial charge on any atom is -0.513 e. The zero-order chi connectivity index (χ0) is 46.5. The van der Waals surface area contributed by atoms with Crippen LogP contribution in [-0.4, -0.2) is 22.2 Å². The van der Waals surface area contributed by atoms with Gasteiger partial charge in [-0.05, 0) is 158 Å². The number of allylic oxidation sites excluding steroid dienone is 9. The number of unbranched alkanes of at least 4 members (excludes halogenated alkanes) is 3. The molecule has 1 saturated carbocycles. The highest BCUT2D eigenvalue weighted by molar-refractivity contribution is 5.98. The minimum atomic E-state index is -0.667. The van der Waals surface area contributed by atoms with Crippen molar-refractivity contribution in [1.29, 1.82) is 0 Å². The Hall–Kier alpha value is -4.18. The molecule has 0 saturated heterocycles. The van der Waals surface area contributed by atoms with E-state index in [4.69, 9.17) is 5.11 Å². The van der Waals surface area contributed by atoms with Crippen LogP contribution >= 0.6 is 0 Å². The van der Waals surface area contributed by atoms with Crippen molar-refractivity contribution >= 4 is 11.4 Å². The molecule has 0 bridgehead atoms. The van der Waals surface area contributed by atoms with Gasteiger partial charge >= 0.3 is 0 Å². The lowest BCUT2D eigenvalue weighted by atomic mass is 9.76. The summed E-state index contributed by atoms with van der Waals surface area (Å²) in [6.45, 7) is 46.7. The van der Waals surface area contributed by atoms with Gasteiger partial charge in [0, 0.05) is 11.8 Å². The van der Waals surface area contributed by atoms with Crippen molar-refractivity contribution in [3.05, 3.63) is 149 Å². The molecule has 0 heterocycles. The molecule has 1 aliphatic carbocycles. The highest BCUT2D eigenvalue weighted by atomic mass is 19.1. The predicted molar refractivity (Wildman–Crippen MR) is 262 cm³/mol. The number of carbonyl (C=O) groups is 1. The Morgan fingerprint density at radius 1 is 0.898 bits per heavy atom. The van der Waals surface area contributed by atoms with Crippen molar-refractivity contribution in [3.63, 3.8) is 0 Å². The first kappa shape index (κ1) is 59.1. The highest BCUT2D eigenvalue weighted by Gasteiger charge is 2.41. The number of alkyl halides is 1. The van der Waals surface area contributed by atoms with Crippen LogP contribution in [0.4, 0.5) is 4.39 Å². The summed E-state index contributed by atoms with van der Waals surface area (Å²) in [4.78, 5) is 11.6. The molecule has 0 radical (unpaired) electrons. The lowest BCUT2D eigenvalue weighted by Gasteiger charge is -2.30. The number of ketones is 1. The van der Waals surface area contributed by atoms with E-state index in [-0.39, 0.29) is 17.0 Å². The molecule has 4 heteroatoms. The van der Waals surface area contributed by atoms with E-state index in [0.29, 0.717) is 22.8 Å². The quantitative estimate of drug-likeness (QED) is 0.0657. The number of benzene rings is 2.